The molecule has 2 aliphatic rings. The Bertz CT molecular complexity index is 169. The second-order valence-corrected chi connectivity index (χ2v) is 2.95. The zero-order valence-corrected chi connectivity index (χ0v) is 5.34. The van der Waals surface area contributed by atoms with Gasteiger partial charge in [-0.25, -0.2) is 0 Å². The fourth-order valence-corrected chi connectivity index (χ4v) is 1.87. The number of Topliss-reactive ketones (excluding diaryl/α,β-unsaturated/α-hetero) is 1. The third-order valence-electron chi connectivity index (χ3n) is 2.42. The first-order valence-electron chi connectivity index (χ1n) is 3.57. The molecule has 9 heavy (non-hydrogen) atoms. The first kappa shape index (κ1) is 5.21. The molecule has 1 saturated carbocycles. The van der Waals surface area contributed by atoms with Crippen LogP contribution in [0.2, 0.25) is 0 Å². The summed E-state index contributed by atoms with van der Waals surface area (Å²) in [7, 11) is 0. The molecule has 1 fully saturated rings. The lowest BCUT2D eigenvalue weighted by atomic mass is 10.00. The topological polar surface area (TPSA) is 17.1 Å². The average Bonchev–Trinajstić information content (AvgIpc) is 2.35. The Morgan fingerprint density at radius 3 is 3.22 bits per heavy atom. The van der Waals surface area contributed by atoms with Gasteiger partial charge in [-0.15, -0.1) is 0 Å². The van der Waals surface area contributed by atoms with Gasteiger partial charge in [0.15, 0.2) is 0 Å². The van der Waals surface area contributed by atoms with E-state index in [2.05, 4.69) is 12.2 Å². The molecule has 0 amide bonds. The molecule has 0 aromatic heterocycles. The van der Waals surface area contributed by atoms with Crippen molar-refractivity contribution in [2.75, 3.05) is 0 Å². The molecule has 2 atom stereocenters. The SMILES string of the molecule is O=C1CC[C@@H]2CC=C[C@H]12. The van der Waals surface area contributed by atoms with Crippen molar-refractivity contribution in [2.45, 2.75) is 19.3 Å². The van der Waals surface area contributed by atoms with E-state index in [1.54, 1.807) is 0 Å². The number of rotatable bonds is 0. The number of hydrogen-bond donors (Lipinski definition) is 0. The minimum Gasteiger partial charge on any atom is -0.299 e. The molecule has 0 aliphatic heterocycles. The largest absolute Gasteiger partial charge is 0.299 e. The molecule has 2 aliphatic carbocycles. The van der Waals surface area contributed by atoms with E-state index in [1.807, 2.05) is 0 Å². The third-order valence-corrected chi connectivity index (χ3v) is 2.42. The summed E-state index contributed by atoms with van der Waals surface area (Å²) in [6.45, 7) is 0. The van der Waals surface area contributed by atoms with Crippen LogP contribution in [0, 0.1) is 11.8 Å². The highest BCUT2D eigenvalue weighted by molar-refractivity contribution is 5.85. The van der Waals surface area contributed by atoms with Gasteiger partial charge in [-0.05, 0) is 18.8 Å². The highest BCUT2D eigenvalue weighted by Crippen LogP contribution is 2.36. The number of carbonyl (C=O) groups excluding carboxylic acids is 1. The molecular weight excluding hydrogens is 112 g/mol. The molecule has 0 bridgehead atoms. The van der Waals surface area contributed by atoms with Crippen LogP contribution in [0.4, 0.5) is 0 Å². The first-order chi connectivity index (χ1) is 4.38. The van der Waals surface area contributed by atoms with Crippen molar-refractivity contribution in [3.63, 3.8) is 0 Å². The molecule has 1 heteroatoms. The van der Waals surface area contributed by atoms with Gasteiger partial charge in [0.05, 0.1) is 0 Å². The molecular formula is C8H10O. The Morgan fingerprint density at radius 2 is 2.44 bits per heavy atom. The zero-order valence-electron chi connectivity index (χ0n) is 5.34. The number of hydrogen-bond acceptors (Lipinski definition) is 1. The van der Waals surface area contributed by atoms with E-state index in [0.29, 0.717) is 17.6 Å². The first-order valence-corrected chi connectivity index (χ1v) is 3.57. The van der Waals surface area contributed by atoms with Gasteiger partial charge in [-0.1, -0.05) is 12.2 Å². The summed E-state index contributed by atoms with van der Waals surface area (Å²) in [5, 5.41) is 0. The lowest BCUT2D eigenvalue weighted by Crippen LogP contribution is -2.06. The summed E-state index contributed by atoms with van der Waals surface area (Å²) in [6, 6.07) is 0. The van der Waals surface area contributed by atoms with Gasteiger partial charge in [0.25, 0.3) is 0 Å². The molecule has 0 aromatic rings. The third kappa shape index (κ3) is 0.640. The number of fused-ring (bicyclic) bond motifs is 1. The van der Waals surface area contributed by atoms with Crippen LogP contribution in [0.25, 0.3) is 0 Å². The fourth-order valence-electron chi connectivity index (χ4n) is 1.87. The minimum atomic E-state index is 0.324. The monoisotopic (exact) mass is 122 g/mol. The van der Waals surface area contributed by atoms with Crippen molar-refractivity contribution in [3.05, 3.63) is 12.2 Å². The smallest absolute Gasteiger partial charge is 0.140 e. The molecule has 0 N–H and O–H groups in total. The normalized spacial score (nSPS) is 39.8. The summed E-state index contributed by atoms with van der Waals surface area (Å²) in [5.74, 6) is 1.48. The maximum atomic E-state index is 11.0. The lowest BCUT2D eigenvalue weighted by molar-refractivity contribution is -0.119. The van der Waals surface area contributed by atoms with E-state index < -0.39 is 0 Å². The quantitative estimate of drug-likeness (QED) is 0.445. The predicted octanol–water partition coefficient (Wildman–Crippen LogP) is 1.54. The Morgan fingerprint density at radius 1 is 1.56 bits per heavy atom. The van der Waals surface area contributed by atoms with Crippen molar-refractivity contribution in [1.82, 2.24) is 0 Å². The van der Waals surface area contributed by atoms with Gasteiger partial charge in [0.1, 0.15) is 5.78 Å². The fraction of sp³-hybridized carbons (Fsp3) is 0.625. The summed E-state index contributed by atoms with van der Waals surface area (Å²) in [4.78, 5) is 11.0. The van der Waals surface area contributed by atoms with E-state index in [1.165, 1.54) is 0 Å². The Hall–Kier alpha value is -0.590. The maximum absolute atomic E-state index is 11.0. The van der Waals surface area contributed by atoms with E-state index in [-0.39, 0.29) is 0 Å². The number of carbonyl (C=O) groups is 1. The van der Waals surface area contributed by atoms with Gasteiger partial charge in [0, 0.05) is 12.3 Å². The van der Waals surface area contributed by atoms with E-state index in [9.17, 15) is 4.79 Å². The van der Waals surface area contributed by atoms with Gasteiger partial charge in [0.2, 0.25) is 0 Å². The van der Waals surface area contributed by atoms with Crippen LogP contribution < -0.4 is 0 Å². The summed E-state index contributed by atoms with van der Waals surface area (Å²) in [5.41, 5.74) is 0. The molecule has 48 valence electrons. The predicted molar refractivity (Wildman–Crippen MR) is 35.0 cm³/mol. The van der Waals surface area contributed by atoms with Crippen molar-refractivity contribution in [3.8, 4) is 0 Å². The molecule has 0 spiro atoms. The number of allylic oxidation sites excluding steroid dienone is 2. The van der Waals surface area contributed by atoms with Crippen molar-refractivity contribution in [1.29, 1.82) is 0 Å². The molecule has 2 rings (SSSR count). The van der Waals surface area contributed by atoms with Gasteiger partial charge in [-0.3, -0.25) is 4.79 Å². The molecule has 0 aromatic carbocycles. The molecule has 0 heterocycles. The Labute approximate surface area is 54.8 Å². The van der Waals surface area contributed by atoms with E-state index in [0.717, 1.165) is 19.3 Å². The van der Waals surface area contributed by atoms with Crippen LogP contribution in [-0.2, 0) is 4.79 Å². The molecule has 1 nitrogen and oxygen atoms in total. The number of ketones is 1. The second kappa shape index (κ2) is 1.69. The lowest BCUT2D eigenvalue weighted by Gasteiger charge is -2.03. The average molecular weight is 122 g/mol. The van der Waals surface area contributed by atoms with Crippen molar-refractivity contribution >= 4 is 5.78 Å². The van der Waals surface area contributed by atoms with Gasteiger partial charge < -0.3 is 0 Å². The maximum Gasteiger partial charge on any atom is 0.140 e. The van der Waals surface area contributed by atoms with Gasteiger partial charge >= 0.3 is 0 Å². The van der Waals surface area contributed by atoms with Crippen molar-refractivity contribution in [2.24, 2.45) is 11.8 Å². The van der Waals surface area contributed by atoms with Gasteiger partial charge in [-0.2, -0.15) is 0 Å². The minimum absolute atomic E-state index is 0.324. The molecule has 0 unspecified atom stereocenters. The van der Waals surface area contributed by atoms with Crippen LogP contribution in [0.15, 0.2) is 12.2 Å². The van der Waals surface area contributed by atoms with Crippen LogP contribution in [0.1, 0.15) is 19.3 Å². The second-order valence-electron chi connectivity index (χ2n) is 2.95. The highest BCUT2D eigenvalue weighted by Gasteiger charge is 2.34. The standard InChI is InChI=1S/C8H10O/c9-8-5-4-6-2-1-3-7(6)8/h1,3,6-7H,2,4-5H2/t6-,7-/m0/s1. The molecule has 0 radical (unpaired) electrons. The van der Waals surface area contributed by atoms with E-state index >= 15 is 0 Å². The van der Waals surface area contributed by atoms with E-state index in [4.69, 9.17) is 0 Å². The Kier molecular flexibility index (Phi) is 0.981. The van der Waals surface area contributed by atoms with Crippen LogP contribution in [-0.4, -0.2) is 5.78 Å². The summed E-state index contributed by atoms with van der Waals surface area (Å²) < 4.78 is 0. The van der Waals surface area contributed by atoms with Crippen LogP contribution in [0.3, 0.4) is 0 Å². The van der Waals surface area contributed by atoms with Crippen LogP contribution in [0.5, 0.6) is 0 Å². The summed E-state index contributed by atoms with van der Waals surface area (Å²) >= 11 is 0. The van der Waals surface area contributed by atoms with Crippen molar-refractivity contribution < 1.29 is 4.79 Å². The zero-order chi connectivity index (χ0) is 6.27. The Balaban J connectivity index is 2.24. The van der Waals surface area contributed by atoms with Crippen LogP contribution >= 0.6 is 0 Å². The summed E-state index contributed by atoms with van der Waals surface area (Å²) in [6.07, 6.45) is 7.35. The molecule has 0 saturated heterocycles. The highest BCUT2D eigenvalue weighted by atomic mass is 16.1.